The summed E-state index contributed by atoms with van der Waals surface area (Å²) in [6.45, 7) is 0. The zero-order valence-corrected chi connectivity index (χ0v) is 12.0. The van der Waals surface area contributed by atoms with Crippen LogP contribution in [0.15, 0.2) is 53.2 Å². The van der Waals surface area contributed by atoms with Crippen molar-refractivity contribution in [2.45, 2.75) is 0 Å². The molecule has 1 aromatic carbocycles. The first-order chi connectivity index (χ1) is 9.27. The van der Waals surface area contributed by atoms with Crippen LogP contribution in [-0.2, 0) is 0 Å². The van der Waals surface area contributed by atoms with E-state index < -0.39 is 0 Å². The fraction of sp³-hybridized carbons (Fsp3) is 0. The molecule has 0 atom stereocenters. The molecule has 0 aliphatic carbocycles. The van der Waals surface area contributed by atoms with Crippen molar-refractivity contribution in [1.82, 2.24) is 10.1 Å². The highest BCUT2D eigenvalue weighted by Gasteiger charge is 2.19. The quantitative estimate of drug-likeness (QED) is 0.707. The Bertz CT molecular complexity index is 710. The number of hydrogen-bond donors (Lipinski definition) is 1. The molecule has 0 aliphatic heterocycles. The van der Waals surface area contributed by atoms with Crippen LogP contribution in [-0.4, -0.2) is 10.1 Å². The predicted molar refractivity (Wildman–Crippen MR) is 82.3 cm³/mol. The van der Waals surface area contributed by atoms with Gasteiger partial charge in [0.25, 0.3) is 0 Å². The maximum absolute atomic E-state index is 5.91. The largest absolute Gasteiger partial charge is 0.380 e. The number of benzene rings is 1. The number of nitrogens with two attached hydrogens (primary N) is 1. The van der Waals surface area contributed by atoms with E-state index in [1.165, 1.54) is 0 Å². The molecule has 94 valence electrons. The minimum absolute atomic E-state index is 0.355. The van der Waals surface area contributed by atoms with Crippen molar-refractivity contribution in [2.24, 2.45) is 0 Å². The highest BCUT2D eigenvalue weighted by Crippen LogP contribution is 2.37. The number of rotatable bonds is 2. The summed E-state index contributed by atoms with van der Waals surface area (Å²) in [5.74, 6) is 1.01. The smallest absolute Gasteiger partial charge is 0.179 e. The number of nitrogens with zero attached hydrogens (tertiary/aromatic N) is 2. The van der Waals surface area contributed by atoms with Crippen molar-refractivity contribution in [2.75, 3.05) is 5.73 Å². The van der Waals surface area contributed by atoms with E-state index in [0.29, 0.717) is 11.6 Å². The summed E-state index contributed by atoms with van der Waals surface area (Å²) in [5.41, 5.74) is 8.38. The lowest BCUT2D eigenvalue weighted by molar-refractivity contribution is 0.436. The Morgan fingerprint density at radius 1 is 1.05 bits per heavy atom. The second-order valence-electron chi connectivity index (χ2n) is 3.97. The SMILES string of the molecule is Nc1noc(-c2ccccc2I)c1-c1ccccn1. The molecule has 0 saturated heterocycles. The molecular weight excluding hydrogens is 353 g/mol. The minimum atomic E-state index is 0.355. The number of hydrogen-bond acceptors (Lipinski definition) is 4. The molecule has 0 amide bonds. The molecule has 0 aliphatic rings. The van der Waals surface area contributed by atoms with Gasteiger partial charge < -0.3 is 10.3 Å². The van der Waals surface area contributed by atoms with Crippen molar-refractivity contribution in [1.29, 1.82) is 0 Å². The van der Waals surface area contributed by atoms with Crippen molar-refractivity contribution in [3.63, 3.8) is 0 Å². The molecule has 2 N–H and O–H groups in total. The molecule has 19 heavy (non-hydrogen) atoms. The van der Waals surface area contributed by atoms with Gasteiger partial charge >= 0.3 is 0 Å². The van der Waals surface area contributed by atoms with Crippen molar-refractivity contribution in [3.8, 4) is 22.6 Å². The first-order valence-corrected chi connectivity index (χ1v) is 6.76. The Balaban J connectivity index is 2.23. The van der Waals surface area contributed by atoms with Crippen LogP contribution in [0.2, 0.25) is 0 Å². The highest BCUT2D eigenvalue weighted by molar-refractivity contribution is 14.1. The third-order valence-electron chi connectivity index (χ3n) is 2.76. The molecule has 0 unspecified atom stereocenters. The normalized spacial score (nSPS) is 10.6. The van der Waals surface area contributed by atoms with E-state index in [4.69, 9.17) is 10.3 Å². The van der Waals surface area contributed by atoms with Gasteiger partial charge in [0.1, 0.15) is 0 Å². The Kier molecular flexibility index (Phi) is 3.20. The van der Waals surface area contributed by atoms with Gasteiger partial charge in [0, 0.05) is 15.3 Å². The van der Waals surface area contributed by atoms with Crippen LogP contribution in [0.25, 0.3) is 22.6 Å². The standard InChI is InChI=1S/C14H10IN3O/c15-10-6-2-1-5-9(10)13-12(14(16)18-19-13)11-7-3-4-8-17-11/h1-8H,(H2,16,18). The maximum Gasteiger partial charge on any atom is 0.179 e. The Labute approximate surface area is 123 Å². The molecule has 5 heteroatoms. The monoisotopic (exact) mass is 363 g/mol. The van der Waals surface area contributed by atoms with Crippen LogP contribution >= 0.6 is 22.6 Å². The molecule has 0 radical (unpaired) electrons. The summed E-state index contributed by atoms with van der Waals surface area (Å²) in [7, 11) is 0. The van der Waals surface area contributed by atoms with Crippen LogP contribution in [0.4, 0.5) is 5.82 Å². The van der Waals surface area contributed by atoms with Crippen LogP contribution in [0.5, 0.6) is 0 Å². The Hall–Kier alpha value is -1.89. The third-order valence-corrected chi connectivity index (χ3v) is 3.70. The van der Waals surface area contributed by atoms with Gasteiger partial charge in [-0.2, -0.15) is 0 Å². The molecule has 4 nitrogen and oxygen atoms in total. The summed E-state index contributed by atoms with van der Waals surface area (Å²) in [6, 6.07) is 13.6. The van der Waals surface area contributed by atoms with E-state index in [0.717, 1.165) is 20.4 Å². The number of pyridine rings is 1. The number of anilines is 1. The molecule has 0 bridgehead atoms. The third kappa shape index (κ3) is 2.21. The molecule has 3 rings (SSSR count). The summed E-state index contributed by atoms with van der Waals surface area (Å²) < 4.78 is 6.47. The van der Waals surface area contributed by atoms with Gasteiger partial charge in [0.2, 0.25) is 0 Å². The van der Waals surface area contributed by atoms with Gasteiger partial charge in [-0.05, 0) is 40.8 Å². The topological polar surface area (TPSA) is 64.9 Å². The van der Waals surface area contributed by atoms with Crippen molar-refractivity contribution in [3.05, 3.63) is 52.2 Å². The van der Waals surface area contributed by atoms with E-state index in [1.807, 2.05) is 42.5 Å². The van der Waals surface area contributed by atoms with Gasteiger partial charge in [-0.15, -0.1) is 0 Å². The molecular formula is C14H10IN3O. The van der Waals surface area contributed by atoms with Crippen LogP contribution in [0.3, 0.4) is 0 Å². The average molecular weight is 363 g/mol. The fourth-order valence-electron chi connectivity index (χ4n) is 1.89. The second kappa shape index (κ2) is 5.00. The summed E-state index contributed by atoms with van der Waals surface area (Å²) in [6.07, 6.45) is 1.72. The van der Waals surface area contributed by atoms with Gasteiger partial charge in [0.05, 0.1) is 11.3 Å². The minimum Gasteiger partial charge on any atom is -0.380 e. The number of halogens is 1. The Morgan fingerprint density at radius 3 is 2.58 bits per heavy atom. The molecule has 0 spiro atoms. The van der Waals surface area contributed by atoms with E-state index in [1.54, 1.807) is 6.20 Å². The number of aromatic nitrogens is 2. The second-order valence-corrected chi connectivity index (χ2v) is 5.13. The molecule has 0 saturated carbocycles. The average Bonchev–Trinajstić information content (AvgIpc) is 2.82. The van der Waals surface area contributed by atoms with E-state index in [2.05, 4.69) is 32.7 Å². The Morgan fingerprint density at radius 2 is 1.84 bits per heavy atom. The summed E-state index contributed by atoms with van der Waals surface area (Å²) in [4.78, 5) is 4.32. The van der Waals surface area contributed by atoms with Gasteiger partial charge in [-0.3, -0.25) is 4.98 Å². The lowest BCUT2D eigenvalue weighted by Gasteiger charge is -2.03. The van der Waals surface area contributed by atoms with Crippen molar-refractivity contribution < 1.29 is 4.52 Å². The van der Waals surface area contributed by atoms with Gasteiger partial charge in [-0.1, -0.05) is 29.4 Å². The first kappa shape index (κ1) is 12.2. The van der Waals surface area contributed by atoms with Crippen molar-refractivity contribution >= 4 is 28.4 Å². The lowest BCUT2D eigenvalue weighted by atomic mass is 10.1. The van der Waals surface area contributed by atoms with Crippen LogP contribution in [0.1, 0.15) is 0 Å². The van der Waals surface area contributed by atoms with Crippen LogP contribution < -0.4 is 5.73 Å². The zero-order chi connectivity index (χ0) is 13.2. The van der Waals surface area contributed by atoms with Crippen LogP contribution in [0, 0.1) is 3.57 Å². The lowest BCUT2D eigenvalue weighted by Crippen LogP contribution is -1.91. The van der Waals surface area contributed by atoms with E-state index in [-0.39, 0.29) is 0 Å². The summed E-state index contributed by atoms with van der Waals surface area (Å²) >= 11 is 2.26. The summed E-state index contributed by atoms with van der Waals surface area (Å²) in [5, 5.41) is 3.87. The number of nitrogen functional groups attached to an aromatic ring is 1. The predicted octanol–water partition coefficient (Wildman–Crippen LogP) is 3.59. The van der Waals surface area contributed by atoms with Gasteiger partial charge in [0.15, 0.2) is 11.6 Å². The van der Waals surface area contributed by atoms with E-state index in [9.17, 15) is 0 Å². The molecule has 0 fully saturated rings. The fourth-order valence-corrected chi connectivity index (χ4v) is 2.52. The highest BCUT2D eigenvalue weighted by atomic mass is 127. The molecule has 3 aromatic rings. The first-order valence-electron chi connectivity index (χ1n) is 5.69. The van der Waals surface area contributed by atoms with E-state index >= 15 is 0 Å². The maximum atomic E-state index is 5.91. The molecule has 2 heterocycles. The molecule has 2 aromatic heterocycles. The van der Waals surface area contributed by atoms with Gasteiger partial charge in [-0.25, -0.2) is 0 Å². The zero-order valence-electron chi connectivity index (χ0n) is 9.88.